The lowest BCUT2D eigenvalue weighted by Crippen LogP contribution is -2.23. The van der Waals surface area contributed by atoms with Crippen LogP contribution in [0.4, 0.5) is 5.69 Å². The number of benzene rings is 1. The van der Waals surface area contributed by atoms with E-state index in [1.807, 2.05) is 39.0 Å². The first kappa shape index (κ1) is 14.3. The summed E-state index contributed by atoms with van der Waals surface area (Å²) in [4.78, 5) is 4.39. The summed E-state index contributed by atoms with van der Waals surface area (Å²) in [7, 11) is 0. The Balaban J connectivity index is 2.38. The fourth-order valence-corrected chi connectivity index (χ4v) is 2.21. The second-order valence-corrected chi connectivity index (χ2v) is 5.84. The molecule has 0 saturated carbocycles. The van der Waals surface area contributed by atoms with Gasteiger partial charge in [0.15, 0.2) is 0 Å². The van der Waals surface area contributed by atoms with Gasteiger partial charge in [-0.05, 0) is 61.6 Å². The van der Waals surface area contributed by atoms with Crippen LogP contribution in [0.5, 0.6) is 0 Å². The number of nitrogens with two attached hydrogens (primary N) is 1. The van der Waals surface area contributed by atoms with Gasteiger partial charge in [-0.1, -0.05) is 5.16 Å². The minimum Gasteiger partial charge on any atom is -0.398 e. The van der Waals surface area contributed by atoms with Gasteiger partial charge in [0.05, 0.1) is 5.56 Å². The minimum absolute atomic E-state index is 0.416. The van der Waals surface area contributed by atoms with Gasteiger partial charge in [0.25, 0.3) is 5.89 Å². The highest BCUT2D eigenvalue weighted by atomic mass is 127. The Labute approximate surface area is 125 Å². The molecule has 19 heavy (non-hydrogen) atoms. The van der Waals surface area contributed by atoms with Gasteiger partial charge in [-0.25, -0.2) is 0 Å². The van der Waals surface area contributed by atoms with Crippen molar-refractivity contribution in [2.75, 3.05) is 12.3 Å². The highest BCUT2D eigenvalue weighted by Crippen LogP contribution is 2.29. The fourth-order valence-electron chi connectivity index (χ4n) is 1.72. The Bertz CT molecular complexity index is 581. The summed E-state index contributed by atoms with van der Waals surface area (Å²) in [5.74, 6) is 0.932. The van der Waals surface area contributed by atoms with Gasteiger partial charge in [0.2, 0.25) is 5.82 Å². The molecule has 102 valence electrons. The molecule has 0 aliphatic heterocycles. The van der Waals surface area contributed by atoms with E-state index >= 15 is 0 Å². The van der Waals surface area contributed by atoms with E-state index in [0.29, 0.717) is 24.0 Å². The third kappa shape index (κ3) is 3.06. The monoisotopic (exact) mass is 373 g/mol. The summed E-state index contributed by atoms with van der Waals surface area (Å²) in [6, 6.07) is 5.68. The lowest BCUT2D eigenvalue weighted by Gasteiger charge is -2.19. The van der Waals surface area contributed by atoms with Crippen LogP contribution in [0.2, 0.25) is 0 Å². The maximum absolute atomic E-state index is 5.94. The normalized spacial score (nSPS) is 11.8. The van der Waals surface area contributed by atoms with Crippen LogP contribution in [0.25, 0.3) is 11.5 Å². The van der Waals surface area contributed by atoms with Gasteiger partial charge < -0.3 is 15.0 Å². The Kier molecular flexibility index (Phi) is 4.10. The molecular weight excluding hydrogens is 357 g/mol. The number of hydrogen-bond donors (Lipinski definition) is 1. The van der Waals surface area contributed by atoms with Crippen molar-refractivity contribution in [2.45, 2.75) is 26.4 Å². The Morgan fingerprint density at radius 3 is 2.84 bits per heavy atom. The zero-order chi connectivity index (χ0) is 14.0. The standard InChI is InChI=1S/C13H16IN3O2/c1-4-18-13(2,3)12-16-11(19-17-12)9-7-8(14)5-6-10(9)15/h5-7H,4,15H2,1-3H3. The number of nitrogen functional groups attached to an aromatic ring is 1. The number of ether oxygens (including phenoxy) is 1. The maximum Gasteiger partial charge on any atom is 0.260 e. The second kappa shape index (κ2) is 5.46. The van der Waals surface area contributed by atoms with Crippen molar-refractivity contribution in [3.63, 3.8) is 0 Å². The van der Waals surface area contributed by atoms with Crippen molar-refractivity contribution < 1.29 is 9.26 Å². The first-order valence-electron chi connectivity index (χ1n) is 5.97. The number of halogens is 1. The SMILES string of the molecule is CCOC(C)(C)c1noc(-c2cc(I)ccc2N)n1. The smallest absolute Gasteiger partial charge is 0.260 e. The fraction of sp³-hybridized carbons (Fsp3) is 0.385. The zero-order valence-corrected chi connectivity index (χ0v) is 13.3. The largest absolute Gasteiger partial charge is 0.398 e. The second-order valence-electron chi connectivity index (χ2n) is 4.60. The van der Waals surface area contributed by atoms with Gasteiger partial charge >= 0.3 is 0 Å². The van der Waals surface area contributed by atoms with Gasteiger partial charge in [0.1, 0.15) is 5.60 Å². The molecule has 2 aromatic rings. The molecule has 0 radical (unpaired) electrons. The zero-order valence-electron chi connectivity index (χ0n) is 11.1. The molecule has 0 spiro atoms. The first-order chi connectivity index (χ1) is 8.94. The predicted molar refractivity (Wildman–Crippen MR) is 81.5 cm³/mol. The number of rotatable bonds is 4. The molecule has 1 aromatic carbocycles. The Hall–Kier alpha value is -1.15. The molecule has 0 atom stereocenters. The summed E-state index contributed by atoms with van der Waals surface area (Å²) >= 11 is 2.22. The third-order valence-electron chi connectivity index (χ3n) is 2.72. The highest BCUT2D eigenvalue weighted by molar-refractivity contribution is 14.1. The molecule has 0 saturated heterocycles. The van der Waals surface area contributed by atoms with Crippen molar-refractivity contribution in [3.05, 3.63) is 27.6 Å². The number of nitrogens with zero attached hydrogens (tertiary/aromatic N) is 2. The van der Waals surface area contributed by atoms with E-state index in [1.165, 1.54) is 0 Å². The molecule has 0 amide bonds. The van der Waals surface area contributed by atoms with E-state index in [1.54, 1.807) is 0 Å². The van der Waals surface area contributed by atoms with Crippen molar-refractivity contribution in [1.82, 2.24) is 10.1 Å². The molecule has 1 aromatic heterocycles. The van der Waals surface area contributed by atoms with Crippen molar-refractivity contribution in [1.29, 1.82) is 0 Å². The average molecular weight is 373 g/mol. The van der Waals surface area contributed by atoms with Crippen LogP contribution in [-0.2, 0) is 10.3 Å². The van der Waals surface area contributed by atoms with Crippen LogP contribution in [0, 0.1) is 3.57 Å². The van der Waals surface area contributed by atoms with E-state index in [0.717, 1.165) is 9.13 Å². The molecular formula is C13H16IN3O2. The Morgan fingerprint density at radius 2 is 2.16 bits per heavy atom. The number of anilines is 1. The number of aromatic nitrogens is 2. The molecule has 0 fully saturated rings. The molecule has 0 aliphatic carbocycles. The molecule has 6 heteroatoms. The van der Waals surface area contributed by atoms with Crippen molar-refractivity contribution >= 4 is 28.3 Å². The van der Waals surface area contributed by atoms with Crippen LogP contribution in [0.1, 0.15) is 26.6 Å². The molecule has 2 rings (SSSR count). The maximum atomic E-state index is 5.94. The average Bonchev–Trinajstić information content (AvgIpc) is 2.82. The van der Waals surface area contributed by atoms with Crippen molar-refractivity contribution in [3.8, 4) is 11.5 Å². The molecule has 0 unspecified atom stereocenters. The van der Waals surface area contributed by atoms with Crippen LogP contribution >= 0.6 is 22.6 Å². The Morgan fingerprint density at radius 1 is 1.42 bits per heavy atom. The van der Waals surface area contributed by atoms with Crippen LogP contribution < -0.4 is 5.73 Å². The highest BCUT2D eigenvalue weighted by Gasteiger charge is 2.27. The van der Waals surface area contributed by atoms with Gasteiger partial charge in [0, 0.05) is 15.9 Å². The summed E-state index contributed by atoms with van der Waals surface area (Å²) in [6.45, 7) is 6.33. The number of hydrogen-bond acceptors (Lipinski definition) is 5. The third-order valence-corrected chi connectivity index (χ3v) is 3.39. The molecule has 5 nitrogen and oxygen atoms in total. The summed E-state index contributed by atoms with van der Waals surface area (Å²) < 4.78 is 12.0. The molecule has 1 heterocycles. The summed E-state index contributed by atoms with van der Waals surface area (Å²) in [5, 5.41) is 3.98. The molecule has 0 aliphatic rings. The first-order valence-corrected chi connectivity index (χ1v) is 7.05. The van der Waals surface area contributed by atoms with E-state index < -0.39 is 5.60 Å². The van der Waals surface area contributed by atoms with Gasteiger partial charge in [-0.2, -0.15) is 4.98 Å². The summed E-state index contributed by atoms with van der Waals surface area (Å²) in [6.07, 6.45) is 0. The van der Waals surface area contributed by atoms with E-state index in [2.05, 4.69) is 32.7 Å². The lowest BCUT2D eigenvalue weighted by atomic mass is 10.1. The van der Waals surface area contributed by atoms with Gasteiger partial charge in [-0.15, -0.1) is 0 Å². The van der Waals surface area contributed by atoms with Crippen molar-refractivity contribution in [2.24, 2.45) is 0 Å². The quantitative estimate of drug-likeness (QED) is 0.658. The molecule has 0 bridgehead atoms. The minimum atomic E-state index is -0.576. The molecule has 2 N–H and O–H groups in total. The van der Waals surface area contributed by atoms with Gasteiger partial charge in [-0.3, -0.25) is 0 Å². The topological polar surface area (TPSA) is 74.2 Å². The predicted octanol–water partition coefficient (Wildman–Crippen LogP) is 3.20. The van der Waals surface area contributed by atoms with E-state index in [9.17, 15) is 0 Å². The van der Waals surface area contributed by atoms with E-state index in [4.69, 9.17) is 15.0 Å². The lowest BCUT2D eigenvalue weighted by molar-refractivity contribution is -0.0221. The summed E-state index contributed by atoms with van der Waals surface area (Å²) in [5.41, 5.74) is 6.72. The van der Waals surface area contributed by atoms with Crippen LogP contribution in [0.15, 0.2) is 22.7 Å². The van der Waals surface area contributed by atoms with Crippen LogP contribution in [0.3, 0.4) is 0 Å². The van der Waals surface area contributed by atoms with Crippen LogP contribution in [-0.4, -0.2) is 16.7 Å². The van der Waals surface area contributed by atoms with E-state index in [-0.39, 0.29) is 0 Å².